The lowest BCUT2D eigenvalue weighted by Gasteiger charge is -2.30. The van der Waals surface area contributed by atoms with Crippen LogP contribution in [0.25, 0.3) is 0 Å². The molecule has 18 heavy (non-hydrogen) atoms. The van der Waals surface area contributed by atoms with Crippen LogP contribution < -0.4 is 0 Å². The quantitative estimate of drug-likeness (QED) is 0.770. The van der Waals surface area contributed by atoms with E-state index in [0.717, 1.165) is 12.0 Å². The second-order valence-electron chi connectivity index (χ2n) is 4.84. The molecular weight excluding hydrogens is 228 g/mol. The lowest BCUT2D eigenvalue weighted by molar-refractivity contribution is -0.142. The number of benzene rings is 1. The Morgan fingerprint density at radius 3 is 2.72 bits per heavy atom. The van der Waals surface area contributed by atoms with E-state index in [0.29, 0.717) is 25.0 Å². The first-order valence-electron chi connectivity index (χ1n) is 6.34. The van der Waals surface area contributed by atoms with Crippen LogP contribution in [-0.4, -0.2) is 18.9 Å². The number of rotatable bonds is 3. The van der Waals surface area contributed by atoms with Gasteiger partial charge in [-0.1, -0.05) is 30.3 Å². The molecule has 0 amide bonds. The summed E-state index contributed by atoms with van der Waals surface area (Å²) in [5, 5.41) is 0. The summed E-state index contributed by atoms with van der Waals surface area (Å²) in [4.78, 5) is 23.1. The molecule has 1 saturated carbocycles. The number of carbonyl (C=O) groups excluding carboxylic acids is 2. The Hall–Kier alpha value is -1.64. The van der Waals surface area contributed by atoms with Gasteiger partial charge in [0.1, 0.15) is 5.78 Å². The minimum absolute atomic E-state index is 0.159. The lowest BCUT2D eigenvalue weighted by atomic mass is 9.73. The van der Waals surface area contributed by atoms with Crippen LogP contribution in [0.2, 0.25) is 0 Å². The van der Waals surface area contributed by atoms with Crippen LogP contribution in [-0.2, 0) is 14.3 Å². The van der Waals surface area contributed by atoms with Gasteiger partial charge in [-0.2, -0.15) is 0 Å². The molecule has 0 spiro atoms. The Balaban J connectivity index is 2.16. The fourth-order valence-electron chi connectivity index (χ4n) is 2.69. The van der Waals surface area contributed by atoms with E-state index in [4.69, 9.17) is 4.74 Å². The summed E-state index contributed by atoms with van der Waals surface area (Å²) in [6.45, 7) is 0. The van der Waals surface area contributed by atoms with Crippen molar-refractivity contribution in [1.29, 1.82) is 0 Å². The Morgan fingerprint density at radius 2 is 2.06 bits per heavy atom. The van der Waals surface area contributed by atoms with Crippen LogP contribution in [0.15, 0.2) is 30.3 Å². The Kier molecular flexibility index (Phi) is 4.13. The van der Waals surface area contributed by atoms with Gasteiger partial charge in [0, 0.05) is 19.3 Å². The Bertz CT molecular complexity index is 425. The standard InChI is InChI=1S/C15H18O3/c1-18-15(17)9-12-7-8-13(16)10-14(12)11-5-3-2-4-6-11/h2-6,12,14H,7-10H2,1H3/t12-,14-/m0/s1. The molecule has 1 aromatic rings. The summed E-state index contributed by atoms with van der Waals surface area (Å²) in [5.41, 5.74) is 1.15. The number of esters is 1. The Morgan fingerprint density at radius 1 is 1.33 bits per heavy atom. The maximum absolute atomic E-state index is 11.6. The molecule has 1 aliphatic rings. The van der Waals surface area contributed by atoms with Crippen molar-refractivity contribution in [2.45, 2.75) is 31.6 Å². The van der Waals surface area contributed by atoms with Crippen molar-refractivity contribution >= 4 is 11.8 Å². The zero-order valence-electron chi connectivity index (χ0n) is 10.6. The van der Waals surface area contributed by atoms with Gasteiger partial charge in [-0.15, -0.1) is 0 Å². The van der Waals surface area contributed by atoms with Crippen molar-refractivity contribution < 1.29 is 14.3 Å². The highest BCUT2D eigenvalue weighted by Crippen LogP contribution is 2.38. The SMILES string of the molecule is COC(=O)C[C@@H]1CCC(=O)C[C@H]1c1ccccc1. The van der Waals surface area contributed by atoms with Crippen LogP contribution >= 0.6 is 0 Å². The zero-order chi connectivity index (χ0) is 13.0. The highest BCUT2D eigenvalue weighted by atomic mass is 16.5. The molecule has 0 heterocycles. The summed E-state index contributed by atoms with van der Waals surface area (Å²) < 4.78 is 4.74. The third-order valence-corrected chi connectivity index (χ3v) is 3.69. The van der Waals surface area contributed by atoms with Crippen LogP contribution in [0.4, 0.5) is 0 Å². The molecule has 3 nitrogen and oxygen atoms in total. The first kappa shape index (κ1) is 12.8. The van der Waals surface area contributed by atoms with Crippen molar-refractivity contribution in [3.63, 3.8) is 0 Å². The molecule has 1 aromatic carbocycles. The van der Waals surface area contributed by atoms with E-state index in [1.807, 2.05) is 30.3 Å². The molecular formula is C15H18O3. The summed E-state index contributed by atoms with van der Waals surface area (Å²) in [5.74, 6) is 0.490. The fraction of sp³-hybridized carbons (Fsp3) is 0.467. The summed E-state index contributed by atoms with van der Waals surface area (Å²) in [6, 6.07) is 9.98. The van der Waals surface area contributed by atoms with E-state index in [2.05, 4.69) is 0 Å². The molecule has 0 N–H and O–H groups in total. The molecule has 96 valence electrons. The van der Waals surface area contributed by atoms with E-state index in [1.165, 1.54) is 7.11 Å². The topological polar surface area (TPSA) is 43.4 Å². The van der Waals surface area contributed by atoms with Gasteiger partial charge >= 0.3 is 5.97 Å². The first-order valence-corrected chi connectivity index (χ1v) is 6.34. The number of ether oxygens (including phenoxy) is 1. The van der Waals surface area contributed by atoms with Crippen LogP contribution in [0.5, 0.6) is 0 Å². The Labute approximate surface area is 107 Å². The summed E-state index contributed by atoms with van der Waals surface area (Å²) >= 11 is 0. The van der Waals surface area contributed by atoms with Crippen molar-refractivity contribution in [3.05, 3.63) is 35.9 Å². The molecule has 0 radical (unpaired) electrons. The van der Waals surface area contributed by atoms with Gasteiger partial charge in [0.05, 0.1) is 7.11 Å². The zero-order valence-corrected chi connectivity index (χ0v) is 10.6. The minimum atomic E-state index is -0.185. The van der Waals surface area contributed by atoms with Crippen LogP contribution in [0.1, 0.15) is 37.2 Å². The van der Waals surface area contributed by atoms with Crippen molar-refractivity contribution in [3.8, 4) is 0 Å². The van der Waals surface area contributed by atoms with E-state index < -0.39 is 0 Å². The van der Waals surface area contributed by atoms with Crippen molar-refractivity contribution in [2.75, 3.05) is 7.11 Å². The highest BCUT2D eigenvalue weighted by molar-refractivity contribution is 5.80. The predicted octanol–water partition coefficient (Wildman–Crippen LogP) is 2.70. The molecule has 0 bridgehead atoms. The summed E-state index contributed by atoms with van der Waals surface area (Å²) in [7, 11) is 1.41. The molecule has 0 unspecified atom stereocenters. The van der Waals surface area contributed by atoms with Gasteiger partial charge in [-0.05, 0) is 23.8 Å². The predicted molar refractivity (Wildman–Crippen MR) is 68.2 cm³/mol. The van der Waals surface area contributed by atoms with Gasteiger partial charge in [0.15, 0.2) is 0 Å². The molecule has 2 atom stereocenters. The normalized spacial score (nSPS) is 23.7. The monoisotopic (exact) mass is 246 g/mol. The smallest absolute Gasteiger partial charge is 0.305 e. The number of Topliss-reactive ketones (excluding diaryl/α,β-unsaturated/α-hetero) is 1. The maximum Gasteiger partial charge on any atom is 0.305 e. The average molecular weight is 246 g/mol. The average Bonchev–Trinajstić information content (AvgIpc) is 2.41. The second-order valence-corrected chi connectivity index (χ2v) is 4.84. The van der Waals surface area contributed by atoms with Crippen LogP contribution in [0, 0.1) is 5.92 Å². The van der Waals surface area contributed by atoms with Crippen LogP contribution in [0.3, 0.4) is 0 Å². The summed E-state index contributed by atoms with van der Waals surface area (Å²) in [6.07, 6.45) is 2.33. The molecule has 0 saturated heterocycles. The number of hydrogen-bond acceptors (Lipinski definition) is 3. The maximum atomic E-state index is 11.6. The van der Waals surface area contributed by atoms with Crippen molar-refractivity contribution in [1.82, 2.24) is 0 Å². The highest BCUT2D eigenvalue weighted by Gasteiger charge is 2.31. The van der Waals surface area contributed by atoms with E-state index >= 15 is 0 Å². The van der Waals surface area contributed by atoms with Crippen molar-refractivity contribution in [2.24, 2.45) is 5.92 Å². The first-order chi connectivity index (χ1) is 8.70. The molecule has 0 aromatic heterocycles. The molecule has 1 aliphatic carbocycles. The van der Waals surface area contributed by atoms with E-state index in [1.54, 1.807) is 0 Å². The molecule has 0 aliphatic heterocycles. The second kappa shape index (κ2) is 5.80. The van der Waals surface area contributed by atoms with Gasteiger partial charge in [-0.3, -0.25) is 9.59 Å². The number of carbonyl (C=O) groups is 2. The number of hydrogen-bond donors (Lipinski definition) is 0. The van der Waals surface area contributed by atoms with Gasteiger partial charge in [-0.25, -0.2) is 0 Å². The molecule has 2 rings (SSSR count). The third-order valence-electron chi connectivity index (χ3n) is 3.69. The van der Waals surface area contributed by atoms with E-state index in [9.17, 15) is 9.59 Å². The minimum Gasteiger partial charge on any atom is -0.469 e. The third kappa shape index (κ3) is 2.97. The van der Waals surface area contributed by atoms with E-state index in [-0.39, 0.29) is 17.8 Å². The number of ketones is 1. The van der Waals surface area contributed by atoms with Gasteiger partial charge in [0.25, 0.3) is 0 Å². The largest absolute Gasteiger partial charge is 0.469 e. The molecule has 1 fully saturated rings. The fourth-order valence-corrected chi connectivity index (χ4v) is 2.69. The lowest BCUT2D eigenvalue weighted by Crippen LogP contribution is -2.25. The number of methoxy groups -OCH3 is 1. The van der Waals surface area contributed by atoms with Gasteiger partial charge in [0.2, 0.25) is 0 Å². The van der Waals surface area contributed by atoms with Gasteiger partial charge < -0.3 is 4.74 Å². The molecule has 3 heteroatoms.